The summed E-state index contributed by atoms with van der Waals surface area (Å²) in [4.78, 5) is 23.1. The van der Waals surface area contributed by atoms with Crippen molar-refractivity contribution in [2.75, 3.05) is 5.32 Å². The van der Waals surface area contributed by atoms with Gasteiger partial charge in [-0.2, -0.15) is 0 Å². The predicted molar refractivity (Wildman–Crippen MR) is 137 cm³/mol. The van der Waals surface area contributed by atoms with E-state index in [0.29, 0.717) is 17.5 Å². The van der Waals surface area contributed by atoms with E-state index in [1.165, 1.54) is 55.2 Å². The van der Waals surface area contributed by atoms with Crippen LogP contribution in [0.4, 0.5) is 5.13 Å². The molecule has 0 bridgehead atoms. The number of hydrogen-bond acceptors (Lipinski definition) is 8. The average molecular weight is 496 g/mol. The Kier molecular flexibility index (Phi) is 6.99. The maximum atomic E-state index is 13.1. The molecular formula is C24H25N5OS3. The van der Waals surface area contributed by atoms with Crippen LogP contribution in [0.2, 0.25) is 0 Å². The minimum absolute atomic E-state index is 0.0582. The van der Waals surface area contributed by atoms with Gasteiger partial charge in [-0.15, -0.1) is 21.5 Å². The van der Waals surface area contributed by atoms with E-state index in [2.05, 4.69) is 43.0 Å². The van der Waals surface area contributed by atoms with Crippen molar-refractivity contribution >= 4 is 55.7 Å². The summed E-state index contributed by atoms with van der Waals surface area (Å²) in [6, 6.07) is 10.2. The SMILES string of the molecule is CCC(Sc1ncnc2scc(-c3ccccc3)c12)C(=O)Nc1nnc(C2CCCCC2)s1. The van der Waals surface area contributed by atoms with Crippen LogP contribution in [0.5, 0.6) is 0 Å². The predicted octanol–water partition coefficient (Wildman–Crippen LogP) is 6.77. The van der Waals surface area contributed by atoms with Crippen LogP contribution >= 0.6 is 34.4 Å². The highest BCUT2D eigenvalue weighted by molar-refractivity contribution is 8.00. The molecule has 1 aliphatic rings. The highest BCUT2D eigenvalue weighted by Gasteiger charge is 2.24. The molecule has 1 atom stereocenters. The molecule has 1 N–H and O–H groups in total. The number of fused-ring (bicyclic) bond motifs is 1. The first-order chi connectivity index (χ1) is 16.2. The Labute approximate surface area is 205 Å². The zero-order valence-corrected chi connectivity index (χ0v) is 20.8. The minimum Gasteiger partial charge on any atom is -0.300 e. The van der Waals surface area contributed by atoms with Gasteiger partial charge in [0.15, 0.2) is 0 Å². The molecule has 1 unspecified atom stereocenters. The van der Waals surface area contributed by atoms with Gasteiger partial charge in [-0.05, 0) is 24.8 Å². The lowest BCUT2D eigenvalue weighted by molar-refractivity contribution is -0.115. The van der Waals surface area contributed by atoms with Crippen LogP contribution in [-0.2, 0) is 4.79 Å². The van der Waals surface area contributed by atoms with E-state index in [1.807, 2.05) is 25.1 Å². The lowest BCUT2D eigenvalue weighted by Crippen LogP contribution is -2.24. The first-order valence-electron chi connectivity index (χ1n) is 11.3. The summed E-state index contributed by atoms with van der Waals surface area (Å²) >= 11 is 4.62. The normalized spacial score (nSPS) is 15.5. The molecule has 0 spiro atoms. The number of nitrogens with zero attached hydrogens (tertiary/aromatic N) is 4. The van der Waals surface area contributed by atoms with Crippen LogP contribution in [-0.4, -0.2) is 31.3 Å². The van der Waals surface area contributed by atoms with Crippen molar-refractivity contribution in [3.8, 4) is 11.1 Å². The number of rotatable bonds is 7. The molecule has 0 saturated heterocycles. The summed E-state index contributed by atoms with van der Waals surface area (Å²) in [5.41, 5.74) is 2.23. The summed E-state index contributed by atoms with van der Waals surface area (Å²) in [6.45, 7) is 2.02. The van der Waals surface area contributed by atoms with E-state index >= 15 is 0 Å². The second-order valence-electron chi connectivity index (χ2n) is 8.16. The quantitative estimate of drug-likeness (QED) is 0.225. The fraction of sp³-hybridized carbons (Fsp3) is 0.375. The molecule has 1 saturated carbocycles. The monoisotopic (exact) mass is 495 g/mol. The molecule has 1 aliphatic carbocycles. The number of anilines is 1. The van der Waals surface area contributed by atoms with Gasteiger partial charge in [0.05, 0.1) is 10.6 Å². The van der Waals surface area contributed by atoms with Gasteiger partial charge < -0.3 is 0 Å². The fourth-order valence-corrected chi connectivity index (χ4v) is 7.14. The number of thiophene rings is 1. The topological polar surface area (TPSA) is 80.7 Å². The molecule has 0 aliphatic heterocycles. The molecule has 170 valence electrons. The summed E-state index contributed by atoms with van der Waals surface area (Å²) in [7, 11) is 0. The zero-order valence-electron chi connectivity index (χ0n) is 18.4. The van der Waals surface area contributed by atoms with Gasteiger partial charge in [0.2, 0.25) is 11.0 Å². The van der Waals surface area contributed by atoms with E-state index in [4.69, 9.17) is 0 Å². The highest BCUT2D eigenvalue weighted by atomic mass is 32.2. The Hall–Kier alpha value is -2.36. The summed E-state index contributed by atoms with van der Waals surface area (Å²) in [6.07, 6.45) is 8.42. The Morgan fingerprint density at radius 3 is 2.76 bits per heavy atom. The maximum absolute atomic E-state index is 13.1. The van der Waals surface area contributed by atoms with Crippen LogP contribution < -0.4 is 5.32 Å². The number of nitrogens with one attached hydrogen (secondary N) is 1. The molecule has 6 nitrogen and oxygen atoms in total. The van der Waals surface area contributed by atoms with Gasteiger partial charge >= 0.3 is 0 Å². The van der Waals surface area contributed by atoms with E-state index in [-0.39, 0.29) is 11.2 Å². The minimum atomic E-state index is -0.284. The number of aromatic nitrogens is 4. The van der Waals surface area contributed by atoms with Crippen molar-refractivity contribution in [3.05, 3.63) is 47.0 Å². The average Bonchev–Trinajstić information content (AvgIpc) is 3.51. The van der Waals surface area contributed by atoms with Crippen molar-refractivity contribution in [1.29, 1.82) is 0 Å². The lowest BCUT2D eigenvalue weighted by atomic mass is 9.90. The first-order valence-corrected chi connectivity index (χ1v) is 13.9. The zero-order chi connectivity index (χ0) is 22.6. The molecule has 9 heteroatoms. The van der Waals surface area contributed by atoms with Gasteiger partial charge in [-0.1, -0.05) is 79.6 Å². The van der Waals surface area contributed by atoms with Crippen molar-refractivity contribution in [2.24, 2.45) is 0 Å². The fourth-order valence-electron chi connectivity index (χ4n) is 4.21. The summed E-state index contributed by atoms with van der Waals surface area (Å²) < 4.78 is 0. The molecule has 3 heterocycles. The van der Waals surface area contributed by atoms with Gasteiger partial charge in [0.1, 0.15) is 21.2 Å². The van der Waals surface area contributed by atoms with Crippen molar-refractivity contribution in [3.63, 3.8) is 0 Å². The van der Waals surface area contributed by atoms with Crippen LogP contribution in [0.3, 0.4) is 0 Å². The second kappa shape index (κ2) is 10.3. The van der Waals surface area contributed by atoms with E-state index < -0.39 is 0 Å². The molecule has 0 radical (unpaired) electrons. The Morgan fingerprint density at radius 1 is 1.15 bits per heavy atom. The molecule has 1 amide bonds. The molecular weight excluding hydrogens is 470 g/mol. The number of amides is 1. The molecule has 33 heavy (non-hydrogen) atoms. The number of thioether (sulfide) groups is 1. The van der Waals surface area contributed by atoms with Gasteiger partial charge in [-0.25, -0.2) is 9.97 Å². The van der Waals surface area contributed by atoms with Crippen LogP contribution in [0.15, 0.2) is 47.1 Å². The molecule has 4 aromatic rings. The smallest absolute Gasteiger partial charge is 0.239 e. The Morgan fingerprint density at radius 2 is 1.97 bits per heavy atom. The van der Waals surface area contributed by atoms with Crippen LogP contribution in [0, 0.1) is 0 Å². The molecule has 1 fully saturated rings. The van der Waals surface area contributed by atoms with E-state index in [1.54, 1.807) is 17.7 Å². The largest absolute Gasteiger partial charge is 0.300 e. The van der Waals surface area contributed by atoms with Gasteiger partial charge in [0.25, 0.3) is 0 Å². The van der Waals surface area contributed by atoms with Crippen LogP contribution in [0.25, 0.3) is 21.3 Å². The summed E-state index contributed by atoms with van der Waals surface area (Å²) in [5, 5.41) is 17.0. The highest BCUT2D eigenvalue weighted by Crippen LogP contribution is 2.40. The Bertz CT molecular complexity index is 1230. The maximum Gasteiger partial charge on any atom is 0.239 e. The third-order valence-electron chi connectivity index (χ3n) is 5.96. The second-order valence-corrected chi connectivity index (χ2v) is 11.2. The third-order valence-corrected chi connectivity index (χ3v) is 9.21. The lowest BCUT2D eigenvalue weighted by Gasteiger charge is -2.18. The Balaban J connectivity index is 1.34. The van der Waals surface area contributed by atoms with Gasteiger partial charge in [-0.3, -0.25) is 10.1 Å². The first kappa shape index (κ1) is 22.4. The summed E-state index contributed by atoms with van der Waals surface area (Å²) in [5.74, 6) is 0.430. The van der Waals surface area contributed by atoms with Crippen molar-refractivity contribution < 1.29 is 4.79 Å². The van der Waals surface area contributed by atoms with E-state index in [0.717, 1.165) is 31.4 Å². The molecule has 5 rings (SSSR count). The van der Waals surface area contributed by atoms with Gasteiger partial charge in [0, 0.05) is 16.9 Å². The van der Waals surface area contributed by atoms with E-state index in [9.17, 15) is 4.79 Å². The number of benzene rings is 1. The van der Waals surface area contributed by atoms with Crippen molar-refractivity contribution in [1.82, 2.24) is 20.2 Å². The number of carbonyl (C=O) groups is 1. The molecule has 1 aromatic carbocycles. The third kappa shape index (κ3) is 4.95. The standard InChI is InChI=1S/C24H25N5OS3/c1-2-18(20(30)27-24-29-28-21(33-24)16-11-7-4-8-12-16)32-23-19-17(15-9-5-3-6-10-15)13-31-22(19)25-14-26-23/h3,5-6,9-10,13-14,16,18H,2,4,7-8,11-12H2,1H3,(H,27,29,30). The number of hydrogen-bond donors (Lipinski definition) is 1. The van der Waals surface area contributed by atoms with Crippen LogP contribution in [0.1, 0.15) is 56.4 Å². The molecule has 3 aromatic heterocycles. The number of carbonyl (C=O) groups excluding carboxylic acids is 1. The van der Waals surface area contributed by atoms with Crippen molar-refractivity contribution in [2.45, 2.75) is 61.6 Å².